The molecular weight excluding hydrogens is 509 g/mol. The van der Waals surface area contributed by atoms with Crippen LogP contribution in [-0.4, -0.2) is 29.5 Å². The minimum Gasteiger partial charge on any atom is -0.619 e. The van der Waals surface area contributed by atoms with E-state index >= 15 is 0 Å². The summed E-state index contributed by atoms with van der Waals surface area (Å²) in [4.78, 5) is 3.48. The van der Waals surface area contributed by atoms with Crippen LogP contribution in [0.1, 0.15) is 33.9 Å². The second kappa shape index (κ2) is 10.2. The molecule has 190 valence electrons. The van der Waals surface area contributed by atoms with Crippen molar-refractivity contribution in [2.75, 3.05) is 0 Å². The molecule has 0 saturated heterocycles. The zero-order valence-electron chi connectivity index (χ0n) is 17.7. The summed E-state index contributed by atoms with van der Waals surface area (Å²) >= 11 is 0.538. The Hall–Kier alpha value is -3.13. The lowest BCUT2D eigenvalue weighted by molar-refractivity contribution is -0.605. The standard InChI is InChI=1S/C21H17F7N2O4S/c1-20(31,21(26,27)28)16-10-29-17(35-16)13(8-11-4-6-30(32)7-5-11)12-2-3-14(33-18(22)23)15(9-12)34-19(24)25/h2-7,9-10,13,18-19,31H,8H2,1H3. The molecule has 0 saturated carbocycles. The van der Waals surface area contributed by atoms with Crippen molar-refractivity contribution >= 4 is 11.3 Å². The van der Waals surface area contributed by atoms with Gasteiger partial charge in [0.1, 0.15) is 5.01 Å². The van der Waals surface area contributed by atoms with Crippen LogP contribution in [0.2, 0.25) is 0 Å². The molecule has 0 bridgehead atoms. The quantitative estimate of drug-likeness (QED) is 0.238. The van der Waals surface area contributed by atoms with Gasteiger partial charge in [0.05, 0.1) is 4.88 Å². The highest BCUT2D eigenvalue weighted by atomic mass is 32.1. The van der Waals surface area contributed by atoms with Crippen LogP contribution < -0.4 is 14.2 Å². The molecule has 0 fully saturated rings. The molecule has 0 amide bonds. The fourth-order valence-corrected chi connectivity index (χ4v) is 4.21. The number of aliphatic hydroxyl groups is 1. The fourth-order valence-electron chi connectivity index (χ4n) is 3.10. The average Bonchev–Trinajstić information content (AvgIpc) is 3.24. The third-order valence-corrected chi connectivity index (χ3v) is 6.29. The Morgan fingerprint density at radius 2 is 1.63 bits per heavy atom. The lowest BCUT2D eigenvalue weighted by Gasteiger charge is -2.24. The molecular formula is C21H17F7N2O4S. The molecule has 3 aromatic rings. The summed E-state index contributed by atoms with van der Waals surface area (Å²) in [5.74, 6) is -2.28. The van der Waals surface area contributed by atoms with Gasteiger partial charge in [-0.15, -0.1) is 11.3 Å². The first-order valence-corrected chi connectivity index (χ1v) is 10.6. The maximum absolute atomic E-state index is 13.3. The third-order valence-electron chi connectivity index (χ3n) is 4.97. The lowest BCUT2D eigenvalue weighted by atomic mass is 9.92. The van der Waals surface area contributed by atoms with Crippen LogP contribution in [-0.2, 0) is 12.0 Å². The van der Waals surface area contributed by atoms with Crippen molar-refractivity contribution in [3.05, 3.63) is 75.1 Å². The Labute approximate surface area is 197 Å². The zero-order valence-corrected chi connectivity index (χ0v) is 18.5. The SMILES string of the molecule is CC(O)(c1cnc(C(Cc2cc[n+]([O-])cc2)c2ccc(OC(F)F)c(OC(F)F)c2)s1)C(F)(F)F. The average molecular weight is 526 g/mol. The van der Waals surface area contributed by atoms with Crippen LogP contribution in [0.3, 0.4) is 0 Å². The van der Waals surface area contributed by atoms with Crippen molar-refractivity contribution in [3.8, 4) is 11.5 Å². The summed E-state index contributed by atoms with van der Waals surface area (Å²) in [5, 5.41) is 21.4. The number of halogens is 7. The number of rotatable bonds is 9. The van der Waals surface area contributed by atoms with Crippen LogP contribution in [0.25, 0.3) is 0 Å². The van der Waals surface area contributed by atoms with Crippen LogP contribution in [0.5, 0.6) is 11.5 Å². The fraction of sp³-hybridized carbons (Fsp3) is 0.333. The molecule has 2 heterocycles. The Morgan fingerprint density at radius 3 is 2.20 bits per heavy atom. The van der Waals surface area contributed by atoms with Crippen LogP contribution in [0.15, 0.2) is 48.9 Å². The zero-order chi connectivity index (χ0) is 26.0. The van der Waals surface area contributed by atoms with E-state index in [9.17, 15) is 41.0 Å². The summed E-state index contributed by atoms with van der Waals surface area (Å²) in [6.45, 7) is -6.14. The molecule has 0 spiro atoms. The lowest BCUT2D eigenvalue weighted by Crippen LogP contribution is -2.38. The van der Waals surface area contributed by atoms with Gasteiger partial charge in [-0.3, -0.25) is 0 Å². The molecule has 2 atom stereocenters. The Bertz CT molecular complexity index is 1140. The van der Waals surface area contributed by atoms with Gasteiger partial charge in [0.15, 0.2) is 29.5 Å². The summed E-state index contributed by atoms with van der Waals surface area (Å²) < 4.78 is 100. The van der Waals surface area contributed by atoms with Gasteiger partial charge >= 0.3 is 19.4 Å². The molecule has 1 N–H and O–H groups in total. The topological polar surface area (TPSA) is 78.5 Å². The normalized spacial score (nSPS) is 14.7. The highest BCUT2D eigenvalue weighted by Crippen LogP contribution is 2.43. The second-order valence-electron chi connectivity index (χ2n) is 7.42. The van der Waals surface area contributed by atoms with E-state index < -0.39 is 47.3 Å². The largest absolute Gasteiger partial charge is 0.619 e. The molecule has 0 aliphatic rings. The first-order chi connectivity index (χ1) is 16.3. The molecule has 0 aliphatic heterocycles. The van der Waals surface area contributed by atoms with Gasteiger partial charge in [0.25, 0.3) is 0 Å². The van der Waals surface area contributed by atoms with E-state index in [1.54, 1.807) is 0 Å². The van der Waals surface area contributed by atoms with Gasteiger partial charge in [0.2, 0.25) is 0 Å². The van der Waals surface area contributed by atoms with Gasteiger partial charge in [-0.25, -0.2) is 4.98 Å². The number of aromatic nitrogens is 2. The number of pyridine rings is 1. The van der Waals surface area contributed by atoms with E-state index in [1.165, 1.54) is 30.6 Å². The summed E-state index contributed by atoms with van der Waals surface area (Å²) in [6.07, 6.45) is -1.76. The van der Waals surface area contributed by atoms with Crippen molar-refractivity contribution in [1.29, 1.82) is 0 Å². The van der Waals surface area contributed by atoms with Gasteiger partial charge in [-0.1, -0.05) is 6.07 Å². The van der Waals surface area contributed by atoms with E-state index in [-0.39, 0.29) is 17.0 Å². The monoisotopic (exact) mass is 526 g/mol. The van der Waals surface area contributed by atoms with Gasteiger partial charge < -0.3 is 19.8 Å². The third kappa shape index (κ3) is 6.31. The number of nitrogens with zero attached hydrogens (tertiary/aromatic N) is 2. The maximum Gasteiger partial charge on any atom is 0.422 e. The molecule has 2 unspecified atom stereocenters. The molecule has 0 radical (unpaired) electrons. The van der Waals surface area contributed by atoms with E-state index in [2.05, 4.69) is 14.5 Å². The first-order valence-electron chi connectivity index (χ1n) is 9.74. The van der Waals surface area contributed by atoms with Crippen LogP contribution in [0.4, 0.5) is 30.7 Å². The summed E-state index contributed by atoms with van der Waals surface area (Å²) in [5.41, 5.74) is -2.49. The molecule has 35 heavy (non-hydrogen) atoms. The minimum atomic E-state index is -5.00. The predicted molar refractivity (Wildman–Crippen MR) is 108 cm³/mol. The van der Waals surface area contributed by atoms with Gasteiger partial charge in [-0.2, -0.15) is 35.5 Å². The molecule has 2 aromatic heterocycles. The van der Waals surface area contributed by atoms with E-state index in [0.717, 1.165) is 18.3 Å². The van der Waals surface area contributed by atoms with E-state index in [0.29, 0.717) is 28.6 Å². The molecule has 6 nitrogen and oxygen atoms in total. The van der Waals surface area contributed by atoms with Crippen molar-refractivity contribution in [1.82, 2.24) is 4.98 Å². The predicted octanol–water partition coefficient (Wildman–Crippen LogP) is 5.12. The molecule has 0 aliphatic carbocycles. The number of hydrogen-bond donors (Lipinski definition) is 1. The Morgan fingerprint density at radius 1 is 1.03 bits per heavy atom. The number of hydrogen-bond acceptors (Lipinski definition) is 6. The van der Waals surface area contributed by atoms with E-state index in [4.69, 9.17) is 0 Å². The maximum atomic E-state index is 13.3. The summed E-state index contributed by atoms with van der Waals surface area (Å²) in [7, 11) is 0. The second-order valence-corrected chi connectivity index (χ2v) is 8.48. The number of benzene rings is 1. The van der Waals surface area contributed by atoms with Crippen molar-refractivity contribution in [2.45, 2.75) is 44.3 Å². The highest BCUT2D eigenvalue weighted by molar-refractivity contribution is 7.11. The number of thiazole rings is 1. The molecule has 14 heteroatoms. The minimum absolute atomic E-state index is 0.0329. The summed E-state index contributed by atoms with van der Waals surface area (Å²) in [6, 6.07) is 6.08. The number of alkyl halides is 7. The molecule has 1 aromatic carbocycles. The van der Waals surface area contributed by atoms with Crippen molar-refractivity contribution < 1.29 is 50.0 Å². The van der Waals surface area contributed by atoms with Gasteiger partial charge in [0, 0.05) is 24.2 Å². The van der Waals surface area contributed by atoms with Crippen LogP contribution in [0, 0.1) is 5.21 Å². The van der Waals surface area contributed by atoms with E-state index in [1.807, 2.05) is 0 Å². The first kappa shape index (κ1) is 26.5. The number of ether oxygens (including phenoxy) is 2. The van der Waals surface area contributed by atoms with Crippen molar-refractivity contribution in [3.63, 3.8) is 0 Å². The Kier molecular flexibility index (Phi) is 7.74. The van der Waals surface area contributed by atoms with Crippen LogP contribution >= 0.6 is 11.3 Å². The van der Waals surface area contributed by atoms with Crippen molar-refractivity contribution in [2.24, 2.45) is 0 Å². The Balaban J connectivity index is 2.08. The van der Waals surface area contributed by atoms with Gasteiger partial charge in [-0.05, 0) is 36.6 Å². The molecule has 3 rings (SSSR count). The highest BCUT2D eigenvalue weighted by Gasteiger charge is 2.52. The smallest absolute Gasteiger partial charge is 0.422 e.